The summed E-state index contributed by atoms with van der Waals surface area (Å²) in [4.78, 5) is 2.47. The maximum atomic E-state index is 9.22. The number of hydrogen-bond acceptors (Lipinski definition) is 3. The highest BCUT2D eigenvalue weighted by atomic mass is 16.3. The van der Waals surface area contributed by atoms with Crippen molar-refractivity contribution >= 4 is 5.69 Å². The molecule has 1 aliphatic rings. The molecule has 2 N–H and O–H groups in total. The van der Waals surface area contributed by atoms with E-state index in [-0.39, 0.29) is 12.1 Å². The minimum Gasteiger partial charge on any atom is -0.394 e. The number of benzene rings is 1. The Balaban J connectivity index is 1.91. The second kappa shape index (κ2) is 6.40. The fourth-order valence-electron chi connectivity index (χ4n) is 2.37. The van der Waals surface area contributed by atoms with Crippen LogP contribution in [0.2, 0.25) is 0 Å². The zero-order valence-corrected chi connectivity index (χ0v) is 12.2. The van der Waals surface area contributed by atoms with Crippen LogP contribution >= 0.6 is 0 Å². The summed E-state index contributed by atoms with van der Waals surface area (Å²) in [5.41, 5.74) is 2.39. The van der Waals surface area contributed by atoms with Crippen LogP contribution in [0.4, 0.5) is 5.69 Å². The molecule has 0 amide bonds. The molecule has 1 aromatic rings. The van der Waals surface area contributed by atoms with Crippen molar-refractivity contribution in [1.82, 2.24) is 5.32 Å². The molecule has 0 saturated carbocycles. The summed E-state index contributed by atoms with van der Waals surface area (Å²) in [5.74, 6) is 0. The van der Waals surface area contributed by atoms with Crippen molar-refractivity contribution in [3.8, 4) is 0 Å². The van der Waals surface area contributed by atoms with Crippen LogP contribution in [0.15, 0.2) is 24.3 Å². The topological polar surface area (TPSA) is 35.5 Å². The number of rotatable bonds is 5. The van der Waals surface area contributed by atoms with Crippen LogP contribution < -0.4 is 10.2 Å². The summed E-state index contributed by atoms with van der Waals surface area (Å²) in [6.45, 7) is 7.35. The van der Waals surface area contributed by atoms with Crippen LogP contribution in [-0.2, 0) is 6.54 Å². The number of anilines is 1. The van der Waals surface area contributed by atoms with Crippen molar-refractivity contribution in [2.45, 2.75) is 45.2 Å². The smallest absolute Gasteiger partial charge is 0.0607 e. The van der Waals surface area contributed by atoms with Gasteiger partial charge in [0.05, 0.1) is 6.61 Å². The second-order valence-corrected chi connectivity index (χ2v) is 6.11. The van der Waals surface area contributed by atoms with Gasteiger partial charge in [-0.2, -0.15) is 0 Å². The van der Waals surface area contributed by atoms with Crippen LogP contribution in [0.5, 0.6) is 0 Å². The highest BCUT2D eigenvalue weighted by molar-refractivity contribution is 5.47. The Morgan fingerprint density at radius 1 is 1.11 bits per heavy atom. The van der Waals surface area contributed by atoms with Crippen molar-refractivity contribution in [3.05, 3.63) is 29.8 Å². The van der Waals surface area contributed by atoms with E-state index >= 15 is 0 Å². The summed E-state index contributed by atoms with van der Waals surface area (Å²) in [5, 5.41) is 12.6. The molecule has 1 heterocycles. The lowest BCUT2D eigenvalue weighted by Crippen LogP contribution is -2.42. The maximum absolute atomic E-state index is 9.22. The van der Waals surface area contributed by atoms with Gasteiger partial charge < -0.3 is 15.3 Å². The lowest BCUT2D eigenvalue weighted by molar-refractivity contribution is 0.187. The van der Waals surface area contributed by atoms with Crippen LogP contribution in [0.25, 0.3) is 0 Å². The van der Waals surface area contributed by atoms with Crippen LogP contribution in [0.1, 0.15) is 38.7 Å². The van der Waals surface area contributed by atoms with Crippen LogP contribution in [0, 0.1) is 0 Å². The van der Waals surface area contributed by atoms with Gasteiger partial charge in [-0.05, 0) is 50.8 Å². The summed E-state index contributed by atoms with van der Waals surface area (Å²) >= 11 is 0. The first kappa shape index (κ1) is 14.4. The molecule has 0 spiro atoms. The minimum absolute atomic E-state index is 0.152. The molecular formula is C16H26N2O. The van der Waals surface area contributed by atoms with E-state index in [1.165, 1.54) is 43.6 Å². The van der Waals surface area contributed by atoms with Gasteiger partial charge in [-0.15, -0.1) is 0 Å². The summed E-state index contributed by atoms with van der Waals surface area (Å²) < 4.78 is 0. The Bertz CT molecular complexity index is 380. The lowest BCUT2D eigenvalue weighted by atomic mass is 10.1. The van der Waals surface area contributed by atoms with E-state index in [1.54, 1.807) is 0 Å². The number of nitrogens with one attached hydrogen (secondary N) is 1. The molecule has 0 bridgehead atoms. The summed E-state index contributed by atoms with van der Waals surface area (Å²) in [6, 6.07) is 8.80. The highest BCUT2D eigenvalue weighted by Gasteiger charge is 2.15. The van der Waals surface area contributed by atoms with E-state index in [2.05, 4.69) is 34.5 Å². The van der Waals surface area contributed by atoms with Crippen molar-refractivity contribution in [3.63, 3.8) is 0 Å². The Kier molecular flexibility index (Phi) is 4.83. The molecule has 1 aromatic carbocycles. The van der Waals surface area contributed by atoms with E-state index in [9.17, 15) is 5.11 Å². The van der Waals surface area contributed by atoms with E-state index in [0.717, 1.165) is 6.54 Å². The largest absolute Gasteiger partial charge is 0.394 e. The molecule has 0 unspecified atom stereocenters. The van der Waals surface area contributed by atoms with Crippen molar-refractivity contribution in [2.24, 2.45) is 0 Å². The first-order chi connectivity index (χ1) is 9.11. The first-order valence-corrected chi connectivity index (χ1v) is 7.30. The van der Waals surface area contributed by atoms with Crippen molar-refractivity contribution in [2.75, 3.05) is 24.6 Å². The summed E-state index contributed by atoms with van der Waals surface area (Å²) in [7, 11) is 0. The SMILES string of the molecule is CC(C)(CO)NCc1ccc(N2CCCCC2)cc1. The molecule has 3 heteroatoms. The Labute approximate surface area is 116 Å². The molecule has 106 valence electrons. The number of nitrogens with zero attached hydrogens (tertiary/aromatic N) is 1. The molecule has 0 atom stereocenters. The van der Waals surface area contributed by atoms with Crippen molar-refractivity contribution < 1.29 is 5.11 Å². The zero-order chi connectivity index (χ0) is 13.7. The minimum atomic E-state index is -0.217. The van der Waals surface area contributed by atoms with Gasteiger partial charge in [-0.3, -0.25) is 0 Å². The van der Waals surface area contributed by atoms with E-state index < -0.39 is 0 Å². The molecular weight excluding hydrogens is 236 g/mol. The quantitative estimate of drug-likeness (QED) is 0.856. The second-order valence-electron chi connectivity index (χ2n) is 6.11. The first-order valence-electron chi connectivity index (χ1n) is 7.30. The van der Waals surface area contributed by atoms with Gasteiger partial charge in [0, 0.05) is 30.9 Å². The third-order valence-electron chi connectivity index (χ3n) is 3.82. The molecule has 0 aromatic heterocycles. The number of hydrogen-bond donors (Lipinski definition) is 2. The average molecular weight is 262 g/mol. The molecule has 0 aliphatic carbocycles. The van der Waals surface area contributed by atoms with Gasteiger partial charge in [0.1, 0.15) is 0 Å². The predicted molar refractivity (Wildman–Crippen MR) is 80.5 cm³/mol. The molecule has 19 heavy (non-hydrogen) atoms. The Morgan fingerprint density at radius 3 is 2.32 bits per heavy atom. The highest BCUT2D eigenvalue weighted by Crippen LogP contribution is 2.20. The third-order valence-corrected chi connectivity index (χ3v) is 3.82. The van der Waals surface area contributed by atoms with Crippen molar-refractivity contribution in [1.29, 1.82) is 0 Å². The fraction of sp³-hybridized carbons (Fsp3) is 0.625. The number of piperidine rings is 1. The van der Waals surface area contributed by atoms with Gasteiger partial charge in [-0.1, -0.05) is 12.1 Å². The van der Waals surface area contributed by atoms with Gasteiger partial charge in [-0.25, -0.2) is 0 Å². The Morgan fingerprint density at radius 2 is 1.74 bits per heavy atom. The third kappa shape index (κ3) is 4.22. The molecule has 1 saturated heterocycles. The van der Waals surface area contributed by atoms with Gasteiger partial charge in [0.2, 0.25) is 0 Å². The van der Waals surface area contributed by atoms with Gasteiger partial charge in [0.25, 0.3) is 0 Å². The van der Waals surface area contributed by atoms with Gasteiger partial charge in [0.15, 0.2) is 0 Å². The van der Waals surface area contributed by atoms with Gasteiger partial charge >= 0.3 is 0 Å². The average Bonchev–Trinajstić information content (AvgIpc) is 2.47. The predicted octanol–water partition coefficient (Wildman–Crippen LogP) is 2.54. The fourth-order valence-corrected chi connectivity index (χ4v) is 2.37. The molecule has 1 aliphatic heterocycles. The van der Waals surface area contributed by atoms with Crippen LogP contribution in [0.3, 0.4) is 0 Å². The maximum Gasteiger partial charge on any atom is 0.0607 e. The number of aliphatic hydroxyl groups is 1. The lowest BCUT2D eigenvalue weighted by Gasteiger charge is -2.29. The standard InChI is InChI=1S/C16H26N2O/c1-16(2,13-19)17-12-14-6-8-15(9-7-14)18-10-4-3-5-11-18/h6-9,17,19H,3-5,10-13H2,1-2H3. The monoisotopic (exact) mass is 262 g/mol. The van der Waals surface area contributed by atoms with E-state index in [1.807, 2.05) is 13.8 Å². The molecule has 2 rings (SSSR count). The molecule has 0 radical (unpaired) electrons. The zero-order valence-electron chi connectivity index (χ0n) is 12.2. The molecule has 3 nitrogen and oxygen atoms in total. The summed E-state index contributed by atoms with van der Waals surface area (Å²) in [6.07, 6.45) is 4.00. The normalized spacial score (nSPS) is 16.7. The Hall–Kier alpha value is -1.06. The molecule has 1 fully saturated rings. The van der Waals surface area contributed by atoms with E-state index in [4.69, 9.17) is 0 Å². The number of aliphatic hydroxyl groups excluding tert-OH is 1. The van der Waals surface area contributed by atoms with Crippen LogP contribution in [-0.4, -0.2) is 30.3 Å². The van der Waals surface area contributed by atoms with E-state index in [0.29, 0.717) is 0 Å².